The average Bonchev–Trinajstić information content (AvgIpc) is 2.57. The number of non-ortho nitro benzene ring substituents is 1. The molecule has 0 aliphatic heterocycles. The van der Waals surface area contributed by atoms with Gasteiger partial charge in [0, 0.05) is 19.1 Å². The number of esters is 1. The van der Waals surface area contributed by atoms with Crippen LogP contribution in [0.25, 0.3) is 0 Å². The van der Waals surface area contributed by atoms with Crippen LogP contribution in [0.3, 0.4) is 0 Å². The molecule has 0 saturated heterocycles. The predicted molar refractivity (Wildman–Crippen MR) is 104 cm³/mol. The van der Waals surface area contributed by atoms with E-state index in [1.54, 1.807) is 34.6 Å². The van der Waals surface area contributed by atoms with Gasteiger partial charge in [-0.25, -0.2) is 14.4 Å². The molecule has 11 heteroatoms. The Kier molecular flexibility index (Phi) is 8.57. The maximum atomic E-state index is 12.3. The molecule has 30 heavy (non-hydrogen) atoms. The summed E-state index contributed by atoms with van der Waals surface area (Å²) >= 11 is 0. The Morgan fingerprint density at radius 1 is 1.03 bits per heavy atom. The van der Waals surface area contributed by atoms with Crippen LogP contribution in [0.4, 0.5) is 15.3 Å². The van der Waals surface area contributed by atoms with E-state index >= 15 is 0 Å². The fraction of sp³-hybridized carbons (Fsp3) is 0.526. The van der Waals surface area contributed by atoms with Crippen molar-refractivity contribution in [2.24, 2.45) is 5.92 Å². The fourth-order valence-corrected chi connectivity index (χ4v) is 2.08. The lowest BCUT2D eigenvalue weighted by atomic mass is 10.1. The number of ether oxygens (including phenoxy) is 4. The topological polar surface area (TPSA) is 143 Å². The molecule has 0 aliphatic rings. The van der Waals surface area contributed by atoms with Gasteiger partial charge in [-0.1, -0.05) is 13.8 Å². The Balaban J connectivity index is 2.60. The molecule has 0 fully saturated rings. The van der Waals surface area contributed by atoms with Gasteiger partial charge in [0.2, 0.25) is 6.29 Å². The summed E-state index contributed by atoms with van der Waals surface area (Å²) in [5, 5.41) is 13.0. The van der Waals surface area contributed by atoms with Crippen molar-refractivity contribution in [3.63, 3.8) is 0 Å². The number of hydrogen-bond donors (Lipinski definition) is 1. The highest BCUT2D eigenvalue weighted by Crippen LogP contribution is 2.18. The van der Waals surface area contributed by atoms with Gasteiger partial charge in [0.1, 0.15) is 17.4 Å². The van der Waals surface area contributed by atoms with Crippen molar-refractivity contribution >= 4 is 23.9 Å². The van der Waals surface area contributed by atoms with Gasteiger partial charge >= 0.3 is 18.2 Å². The normalized spacial score (nSPS) is 13.0. The van der Waals surface area contributed by atoms with E-state index in [1.165, 1.54) is 19.1 Å². The number of amides is 1. The zero-order valence-electron chi connectivity index (χ0n) is 17.7. The number of nitrogens with zero attached hydrogens (tertiary/aromatic N) is 1. The molecule has 0 aromatic heterocycles. The number of carbonyl (C=O) groups is 3. The van der Waals surface area contributed by atoms with Gasteiger partial charge in [-0.05, 0) is 38.8 Å². The first kappa shape index (κ1) is 24.7. The molecule has 0 radical (unpaired) electrons. The van der Waals surface area contributed by atoms with E-state index in [2.05, 4.69) is 5.32 Å². The van der Waals surface area contributed by atoms with Crippen molar-refractivity contribution in [2.75, 3.05) is 0 Å². The number of carbonyl (C=O) groups excluding carboxylic acids is 3. The third kappa shape index (κ3) is 8.76. The molecule has 1 unspecified atom stereocenters. The molecule has 166 valence electrons. The molecule has 0 aliphatic carbocycles. The Morgan fingerprint density at radius 3 is 2.07 bits per heavy atom. The van der Waals surface area contributed by atoms with E-state index < -0.39 is 41.1 Å². The molecular formula is C19H26N2O9. The Bertz CT molecular complexity index is 769. The minimum absolute atomic E-state index is 0.00998. The van der Waals surface area contributed by atoms with Crippen LogP contribution >= 0.6 is 0 Å². The Labute approximate surface area is 173 Å². The van der Waals surface area contributed by atoms with E-state index in [-0.39, 0.29) is 17.4 Å². The predicted octanol–water partition coefficient (Wildman–Crippen LogP) is 3.55. The molecular weight excluding hydrogens is 400 g/mol. The maximum absolute atomic E-state index is 12.3. The van der Waals surface area contributed by atoms with Crippen LogP contribution in [0.15, 0.2) is 24.3 Å². The molecule has 0 saturated carbocycles. The van der Waals surface area contributed by atoms with Crippen molar-refractivity contribution in [1.29, 1.82) is 0 Å². The van der Waals surface area contributed by atoms with E-state index in [1.807, 2.05) is 0 Å². The molecule has 0 spiro atoms. The second kappa shape index (κ2) is 10.4. The van der Waals surface area contributed by atoms with Crippen LogP contribution in [0.2, 0.25) is 0 Å². The van der Waals surface area contributed by atoms with Gasteiger partial charge in [-0.2, -0.15) is 0 Å². The van der Waals surface area contributed by atoms with Crippen molar-refractivity contribution in [2.45, 2.75) is 59.5 Å². The van der Waals surface area contributed by atoms with Crippen LogP contribution in [-0.2, 0) is 19.0 Å². The summed E-state index contributed by atoms with van der Waals surface area (Å²) in [7, 11) is 0. The van der Waals surface area contributed by atoms with Gasteiger partial charge in [0.15, 0.2) is 0 Å². The summed E-state index contributed by atoms with van der Waals surface area (Å²) in [4.78, 5) is 46.1. The zero-order valence-corrected chi connectivity index (χ0v) is 17.7. The minimum atomic E-state index is -1.32. The second-order valence-electron chi connectivity index (χ2n) is 7.59. The third-order valence-corrected chi connectivity index (χ3v) is 3.39. The van der Waals surface area contributed by atoms with Crippen LogP contribution in [0.1, 0.15) is 41.5 Å². The van der Waals surface area contributed by atoms with Crippen molar-refractivity contribution in [3.8, 4) is 5.75 Å². The largest absolute Gasteiger partial charge is 0.516 e. The standard InChI is InChI=1S/C19H26N2O9/c1-11(2)15(20-17(23)30-19(4,5)6)16(22)27-12(3)28-18(24)29-14-9-7-13(8-10-14)21(25)26/h7-12,15H,1-6H3,(H,20,23)/t12?,15-/m0/s1. The van der Waals surface area contributed by atoms with E-state index in [0.717, 1.165) is 12.1 Å². The molecule has 1 aromatic carbocycles. The summed E-state index contributed by atoms with van der Waals surface area (Å²) in [6, 6.07) is 3.71. The van der Waals surface area contributed by atoms with Gasteiger partial charge in [0.05, 0.1) is 4.92 Å². The molecule has 0 heterocycles. The van der Waals surface area contributed by atoms with Gasteiger partial charge in [-0.15, -0.1) is 0 Å². The lowest BCUT2D eigenvalue weighted by molar-refractivity contribution is -0.384. The first-order valence-corrected chi connectivity index (χ1v) is 9.11. The van der Waals surface area contributed by atoms with E-state index in [4.69, 9.17) is 18.9 Å². The minimum Gasteiger partial charge on any atom is -0.444 e. The van der Waals surface area contributed by atoms with Crippen LogP contribution in [0, 0.1) is 16.0 Å². The zero-order chi connectivity index (χ0) is 23.1. The summed E-state index contributed by atoms with van der Waals surface area (Å²) in [5.41, 5.74) is -0.914. The lowest BCUT2D eigenvalue weighted by Crippen LogP contribution is -2.48. The highest BCUT2D eigenvalue weighted by Gasteiger charge is 2.30. The summed E-state index contributed by atoms with van der Waals surface area (Å²) in [5.74, 6) is -1.15. The summed E-state index contributed by atoms with van der Waals surface area (Å²) in [6.07, 6.45) is -3.28. The van der Waals surface area contributed by atoms with Crippen LogP contribution < -0.4 is 10.1 Å². The molecule has 0 bridgehead atoms. The highest BCUT2D eigenvalue weighted by atomic mass is 16.8. The van der Waals surface area contributed by atoms with E-state index in [9.17, 15) is 24.5 Å². The van der Waals surface area contributed by atoms with Gasteiger partial charge < -0.3 is 24.3 Å². The van der Waals surface area contributed by atoms with Gasteiger partial charge in [-0.3, -0.25) is 10.1 Å². The monoisotopic (exact) mass is 426 g/mol. The van der Waals surface area contributed by atoms with Crippen molar-refractivity contribution in [3.05, 3.63) is 34.4 Å². The number of rotatable bonds is 7. The molecule has 2 atom stereocenters. The van der Waals surface area contributed by atoms with Crippen molar-refractivity contribution in [1.82, 2.24) is 5.32 Å². The maximum Gasteiger partial charge on any atom is 0.516 e. The van der Waals surface area contributed by atoms with Crippen molar-refractivity contribution < 1.29 is 38.3 Å². The molecule has 1 N–H and O–H groups in total. The number of nitro groups is 1. The number of benzene rings is 1. The summed E-state index contributed by atoms with van der Waals surface area (Å²) < 4.78 is 19.9. The third-order valence-electron chi connectivity index (χ3n) is 3.39. The summed E-state index contributed by atoms with van der Waals surface area (Å²) in [6.45, 7) is 9.72. The molecule has 11 nitrogen and oxygen atoms in total. The number of alkyl carbamates (subject to hydrolysis) is 1. The number of hydrogen-bond acceptors (Lipinski definition) is 9. The van der Waals surface area contributed by atoms with Crippen LogP contribution in [0.5, 0.6) is 5.75 Å². The fourth-order valence-electron chi connectivity index (χ4n) is 2.08. The van der Waals surface area contributed by atoms with E-state index in [0.29, 0.717) is 0 Å². The molecule has 1 aromatic rings. The second-order valence-corrected chi connectivity index (χ2v) is 7.59. The highest BCUT2D eigenvalue weighted by molar-refractivity contribution is 5.81. The molecule has 1 rings (SSSR count). The first-order valence-electron chi connectivity index (χ1n) is 9.11. The van der Waals surface area contributed by atoms with Gasteiger partial charge in [0.25, 0.3) is 5.69 Å². The quantitative estimate of drug-likeness (QED) is 0.227. The number of nitro benzene ring substituents is 1. The first-order chi connectivity index (χ1) is 13.8. The Hall–Kier alpha value is -3.37. The lowest BCUT2D eigenvalue weighted by Gasteiger charge is -2.25. The number of nitrogens with one attached hydrogen (secondary N) is 1. The smallest absolute Gasteiger partial charge is 0.444 e. The average molecular weight is 426 g/mol. The Morgan fingerprint density at radius 2 is 1.60 bits per heavy atom. The van der Waals surface area contributed by atoms with Crippen LogP contribution in [-0.4, -0.2) is 41.1 Å². The SMILES string of the molecule is CC(OC(=O)Oc1ccc([N+](=O)[O-])cc1)OC(=O)[C@@H](NC(=O)OC(C)(C)C)C(C)C. The molecule has 1 amide bonds.